The topological polar surface area (TPSA) is 12.0 Å². The Kier molecular flexibility index (Phi) is 5.87. The van der Waals surface area contributed by atoms with E-state index in [2.05, 4.69) is 58.1 Å². The quantitative estimate of drug-likeness (QED) is 0.763. The first-order chi connectivity index (χ1) is 10.0. The van der Waals surface area contributed by atoms with E-state index in [1.807, 2.05) is 0 Å². The largest absolute Gasteiger partial charge is 0.310 e. The Morgan fingerprint density at radius 2 is 1.67 bits per heavy atom. The third kappa shape index (κ3) is 3.88. The number of aryl methyl sites for hydroxylation is 1. The van der Waals surface area contributed by atoms with Crippen LogP contribution in [0.15, 0.2) is 18.2 Å². The van der Waals surface area contributed by atoms with Gasteiger partial charge in [0.05, 0.1) is 0 Å². The van der Waals surface area contributed by atoms with Gasteiger partial charge in [0.2, 0.25) is 0 Å². The van der Waals surface area contributed by atoms with E-state index in [-0.39, 0.29) is 0 Å². The molecular formula is C20H33N. The molecule has 0 aliphatic heterocycles. The molecule has 1 aliphatic carbocycles. The van der Waals surface area contributed by atoms with Crippen LogP contribution < -0.4 is 5.32 Å². The summed E-state index contributed by atoms with van der Waals surface area (Å²) < 4.78 is 0. The van der Waals surface area contributed by atoms with Gasteiger partial charge in [-0.05, 0) is 80.5 Å². The molecule has 0 amide bonds. The molecule has 1 aromatic carbocycles. The molecule has 2 rings (SSSR count). The molecule has 1 aliphatic rings. The van der Waals surface area contributed by atoms with Gasteiger partial charge in [-0.1, -0.05) is 39.0 Å². The molecule has 1 fully saturated rings. The number of rotatable bonds is 5. The molecule has 1 nitrogen and oxygen atoms in total. The molecule has 0 aromatic heterocycles. The highest BCUT2D eigenvalue weighted by molar-refractivity contribution is 5.35. The van der Waals surface area contributed by atoms with Crippen molar-refractivity contribution in [3.63, 3.8) is 0 Å². The summed E-state index contributed by atoms with van der Waals surface area (Å²) in [6.45, 7) is 12.6. The summed E-state index contributed by atoms with van der Waals surface area (Å²) >= 11 is 0. The molecule has 21 heavy (non-hydrogen) atoms. The van der Waals surface area contributed by atoms with Crippen LogP contribution in [0.2, 0.25) is 0 Å². The van der Waals surface area contributed by atoms with Gasteiger partial charge >= 0.3 is 0 Å². The lowest BCUT2D eigenvalue weighted by atomic mass is 9.73. The fourth-order valence-electron chi connectivity index (χ4n) is 4.01. The van der Waals surface area contributed by atoms with Gasteiger partial charge in [-0.3, -0.25) is 0 Å². The Balaban J connectivity index is 2.15. The van der Waals surface area contributed by atoms with E-state index in [4.69, 9.17) is 0 Å². The summed E-state index contributed by atoms with van der Waals surface area (Å²) in [6.07, 6.45) is 5.59. The third-order valence-corrected chi connectivity index (χ3v) is 5.64. The molecule has 1 aromatic rings. The second kappa shape index (κ2) is 7.45. The van der Waals surface area contributed by atoms with Gasteiger partial charge in [-0.25, -0.2) is 0 Å². The van der Waals surface area contributed by atoms with Crippen LogP contribution in [0.5, 0.6) is 0 Å². The van der Waals surface area contributed by atoms with E-state index < -0.39 is 0 Å². The first-order valence-electron chi connectivity index (χ1n) is 8.84. The minimum Gasteiger partial charge on any atom is -0.310 e. The average molecular weight is 287 g/mol. The number of benzene rings is 1. The highest BCUT2D eigenvalue weighted by Crippen LogP contribution is 2.40. The standard InChI is InChI=1S/C20H33N/c1-6-21-20(19-9-7-8-15(4)16(19)5)18-12-10-17(11-13-18)14(2)3/h7-9,14,17-18,20-21H,6,10-13H2,1-5H3. The normalized spacial score (nSPS) is 24.3. The van der Waals surface area contributed by atoms with Crippen LogP contribution in [0, 0.1) is 31.6 Å². The van der Waals surface area contributed by atoms with Crippen LogP contribution >= 0.6 is 0 Å². The molecule has 0 heterocycles. The summed E-state index contributed by atoms with van der Waals surface area (Å²) in [5.74, 6) is 2.60. The van der Waals surface area contributed by atoms with Crippen LogP contribution in [0.4, 0.5) is 0 Å². The smallest absolute Gasteiger partial charge is 0.0351 e. The van der Waals surface area contributed by atoms with Crippen molar-refractivity contribution in [1.29, 1.82) is 0 Å². The van der Waals surface area contributed by atoms with Gasteiger partial charge in [-0.2, -0.15) is 0 Å². The van der Waals surface area contributed by atoms with Crippen molar-refractivity contribution in [3.05, 3.63) is 34.9 Å². The van der Waals surface area contributed by atoms with Crippen molar-refractivity contribution in [2.75, 3.05) is 6.54 Å². The molecule has 0 radical (unpaired) electrons. The van der Waals surface area contributed by atoms with Gasteiger partial charge in [-0.15, -0.1) is 0 Å². The fraction of sp³-hybridized carbons (Fsp3) is 0.700. The second-order valence-electron chi connectivity index (χ2n) is 7.24. The monoisotopic (exact) mass is 287 g/mol. The van der Waals surface area contributed by atoms with E-state index in [0.29, 0.717) is 6.04 Å². The average Bonchev–Trinajstić information content (AvgIpc) is 2.48. The summed E-state index contributed by atoms with van der Waals surface area (Å²) in [4.78, 5) is 0. The van der Waals surface area contributed by atoms with Crippen LogP contribution in [0.1, 0.15) is 69.2 Å². The predicted molar refractivity (Wildman–Crippen MR) is 92.6 cm³/mol. The highest BCUT2D eigenvalue weighted by atomic mass is 14.9. The molecular weight excluding hydrogens is 254 g/mol. The second-order valence-corrected chi connectivity index (χ2v) is 7.24. The maximum Gasteiger partial charge on any atom is 0.0351 e. The summed E-state index contributed by atoms with van der Waals surface area (Å²) in [5, 5.41) is 3.78. The zero-order valence-corrected chi connectivity index (χ0v) is 14.6. The number of nitrogens with one attached hydrogen (secondary N) is 1. The Labute approximate surface area is 131 Å². The highest BCUT2D eigenvalue weighted by Gasteiger charge is 2.29. The fourth-order valence-corrected chi connectivity index (χ4v) is 4.01. The van der Waals surface area contributed by atoms with Crippen molar-refractivity contribution in [2.24, 2.45) is 17.8 Å². The first kappa shape index (κ1) is 16.5. The SMILES string of the molecule is CCNC(c1cccc(C)c1C)C1CCC(C(C)C)CC1. The maximum absolute atomic E-state index is 3.78. The van der Waals surface area contributed by atoms with Gasteiger partial charge in [0.15, 0.2) is 0 Å². The van der Waals surface area contributed by atoms with Crippen LogP contribution in [0.25, 0.3) is 0 Å². The molecule has 118 valence electrons. The van der Waals surface area contributed by atoms with Crippen molar-refractivity contribution in [3.8, 4) is 0 Å². The van der Waals surface area contributed by atoms with Crippen LogP contribution in [-0.4, -0.2) is 6.54 Å². The summed E-state index contributed by atoms with van der Waals surface area (Å²) in [6, 6.07) is 7.34. The van der Waals surface area contributed by atoms with Crippen molar-refractivity contribution in [2.45, 2.75) is 66.3 Å². The van der Waals surface area contributed by atoms with E-state index in [1.54, 1.807) is 0 Å². The predicted octanol–water partition coefficient (Wildman–Crippen LogP) is 5.42. The minimum absolute atomic E-state index is 0.544. The van der Waals surface area contributed by atoms with Crippen molar-refractivity contribution >= 4 is 0 Å². The lowest BCUT2D eigenvalue weighted by molar-refractivity contribution is 0.189. The molecule has 0 spiro atoms. The van der Waals surface area contributed by atoms with Crippen LogP contribution in [0.3, 0.4) is 0 Å². The molecule has 0 saturated heterocycles. The number of hydrogen-bond donors (Lipinski definition) is 1. The maximum atomic E-state index is 3.78. The molecule has 1 saturated carbocycles. The van der Waals surface area contributed by atoms with Gasteiger partial charge in [0, 0.05) is 6.04 Å². The molecule has 1 N–H and O–H groups in total. The van der Waals surface area contributed by atoms with E-state index >= 15 is 0 Å². The molecule has 1 atom stereocenters. The van der Waals surface area contributed by atoms with Crippen molar-refractivity contribution < 1.29 is 0 Å². The Morgan fingerprint density at radius 3 is 2.24 bits per heavy atom. The minimum atomic E-state index is 0.544. The zero-order valence-electron chi connectivity index (χ0n) is 14.6. The lowest BCUT2D eigenvalue weighted by Gasteiger charge is -2.36. The first-order valence-corrected chi connectivity index (χ1v) is 8.84. The third-order valence-electron chi connectivity index (χ3n) is 5.64. The van der Waals surface area contributed by atoms with E-state index in [0.717, 1.165) is 24.3 Å². The Hall–Kier alpha value is -0.820. The molecule has 0 bridgehead atoms. The van der Waals surface area contributed by atoms with Crippen molar-refractivity contribution in [1.82, 2.24) is 5.32 Å². The summed E-state index contributed by atoms with van der Waals surface area (Å²) in [5.41, 5.74) is 4.44. The number of hydrogen-bond acceptors (Lipinski definition) is 1. The van der Waals surface area contributed by atoms with E-state index in [9.17, 15) is 0 Å². The van der Waals surface area contributed by atoms with Gasteiger partial charge in [0.25, 0.3) is 0 Å². The zero-order chi connectivity index (χ0) is 15.4. The van der Waals surface area contributed by atoms with Crippen LogP contribution in [-0.2, 0) is 0 Å². The van der Waals surface area contributed by atoms with E-state index in [1.165, 1.54) is 42.4 Å². The summed E-state index contributed by atoms with van der Waals surface area (Å²) in [7, 11) is 0. The molecule has 1 unspecified atom stereocenters. The van der Waals surface area contributed by atoms with Gasteiger partial charge < -0.3 is 5.32 Å². The Bertz CT molecular complexity index is 441. The lowest BCUT2D eigenvalue weighted by Crippen LogP contribution is -2.32. The molecule has 1 heteroatoms. The Morgan fingerprint density at radius 1 is 1.05 bits per heavy atom. The van der Waals surface area contributed by atoms with Gasteiger partial charge in [0.1, 0.15) is 0 Å².